The van der Waals surface area contributed by atoms with Gasteiger partial charge in [0.05, 0.1) is 20.4 Å². The van der Waals surface area contributed by atoms with Crippen molar-refractivity contribution >= 4 is 27.3 Å². The molecule has 1 amide bonds. The number of ether oxygens (including phenoxy) is 2. The molecule has 0 aliphatic rings. The van der Waals surface area contributed by atoms with Crippen LogP contribution in [0.2, 0.25) is 0 Å². The van der Waals surface area contributed by atoms with Gasteiger partial charge in [-0.25, -0.2) is 18.4 Å². The lowest BCUT2D eigenvalue weighted by Crippen LogP contribution is -2.17. The van der Waals surface area contributed by atoms with Gasteiger partial charge in [0, 0.05) is 17.4 Å². The van der Waals surface area contributed by atoms with E-state index in [1.807, 2.05) is 30.3 Å². The van der Waals surface area contributed by atoms with E-state index in [1.165, 1.54) is 44.8 Å². The fourth-order valence-corrected chi connectivity index (χ4v) is 4.59. The van der Waals surface area contributed by atoms with Gasteiger partial charge in [0.1, 0.15) is 16.3 Å². The first kappa shape index (κ1) is 23.8. The van der Waals surface area contributed by atoms with Crippen LogP contribution in [0.3, 0.4) is 0 Å². The quantitative estimate of drug-likeness (QED) is 0.374. The van der Waals surface area contributed by atoms with E-state index < -0.39 is 15.9 Å². The fraction of sp³-hybridized carbons (Fsp3) is 0.125. The molecule has 2 aromatic carbocycles. The molecule has 4 aromatic rings. The van der Waals surface area contributed by atoms with Crippen LogP contribution in [0.4, 0.5) is 11.4 Å². The topological polar surface area (TPSA) is 133 Å². The number of benzene rings is 2. The average Bonchev–Trinajstić information content (AvgIpc) is 3.36. The second kappa shape index (κ2) is 9.85. The Morgan fingerprint density at radius 1 is 1.00 bits per heavy atom. The molecule has 35 heavy (non-hydrogen) atoms. The maximum Gasteiger partial charge on any atom is 0.311 e. The molecule has 0 aliphatic carbocycles. The third kappa shape index (κ3) is 5.09. The standard InChI is InChI=1S/C24H22N4O6S/c1-15-11-12-25-23(33-3)21(15)28-35(30,31)20-13-17(9-10-18(20)32-2)27-22(29)24-26-14-19(34-24)16-7-5-4-6-8-16/h4-14,28H,1-3H3,(H,27,29). The number of aromatic nitrogens is 2. The summed E-state index contributed by atoms with van der Waals surface area (Å²) in [5, 5.41) is 2.60. The number of pyridine rings is 1. The van der Waals surface area contributed by atoms with E-state index in [-0.39, 0.29) is 33.8 Å². The molecule has 0 fully saturated rings. The predicted octanol–water partition coefficient (Wildman–Crippen LogP) is 4.12. The van der Waals surface area contributed by atoms with Crippen LogP contribution in [0.25, 0.3) is 11.3 Å². The van der Waals surface area contributed by atoms with Gasteiger partial charge in [-0.1, -0.05) is 30.3 Å². The third-order valence-electron chi connectivity index (χ3n) is 5.02. The molecular formula is C24H22N4O6S. The smallest absolute Gasteiger partial charge is 0.311 e. The molecule has 0 radical (unpaired) electrons. The summed E-state index contributed by atoms with van der Waals surface area (Å²) < 4.78 is 45.0. The molecule has 0 bridgehead atoms. The highest BCUT2D eigenvalue weighted by Gasteiger charge is 2.24. The molecule has 180 valence electrons. The summed E-state index contributed by atoms with van der Waals surface area (Å²) in [6.45, 7) is 1.72. The van der Waals surface area contributed by atoms with Crippen LogP contribution < -0.4 is 19.5 Å². The molecule has 0 saturated carbocycles. The summed E-state index contributed by atoms with van der Waals surface area (Å²) >= 11 is 0. The monoisotopic (exact) mass is 494 g/mol. The predicted molar refractivity (Wildman–Crippen MR) is 129 cm³/mol. The van der Waals surface area contributed by atoms with Crippen molar-refractivity contribution < 1.29 is 27.1 Å². The van der Waals surface area contributed by atoms with Crippen molar-refractivity contribution in [3.8, 4) is 23.0 Å². The summed E-state index contributed by atoms with van der Waals surface area (Å²) in [5.41, 5.74) is 1.77. The zero-order valence-electron chi connectivity index (χ0n) is 19.1. The zero-order chi connectivity index (χ0) is 25.0. The molecule has 4 rings (SSSR count). The molecule has 11 heteroatoms. The number of carbonyl (C=O) groups is 1. The maximum absolute atomic E-state index is 13.3. The number of aryl methyl sites for hydroxylation is 1. The summed E-state index contributed by atoms with van der Waals surface area (Å²) in [5.74, 6) is -0.177. The summed E-state index contributed by atoms with van der Waals surface area (Å²) in [4.78, 5) is 20.6. The minimum Gasteiger partial charge on any atom is -0.495 e. The van der Waals surface area contributed by atoms with Crippen molar-refractivity contribution in [3.63, 3.8) is 0 Å². The Morgan fingerprint density at radius 2 is 1.77 bits per heavy atom. The van der Waals surface area contributed by atoms with Gasteiger partial charge in [-0.05, 0) is 36.8 Å². The van der Waals surface area contributed by atoms with Gasteiger partial charge >= 0.3 is 5.91 Å². The largest absolute Gasteiger partial charge is 0.495 e. The first-order valence-corrected chi connectivity index (χ1v) is 11.8. The Morgan fingerprint density at radius 3 is 2.49 bits per heavy atom. The van der Waals surface area contributed by atoms with Crippen molar-refractivity contribution in [2.75, 3.05) is 24.3 Å². The van der Waals surface area contributed by atoms with E-state index in [9.17, 15) is 13.2 Å². The Kier molecular flexibility index (Phi) is 6.69. The number of amides is 1. The van der Waals surface area contributed by atoms with Crippen molar-refractivity contribution in [3.05, 3.63) is 78.4 Å². The van der Waals surface area contributed by atoms with Gasteiger partial charge in [-0.15, -0.1) is 0 Å². The highest BCUT2D eigenvalue weighted by molar-refractivity contribution is 7.92. The zero-order valence-corrected chi connectivity index (χ0v) is 19.9. The molecule has 0 aliphatic heterocycles. The van der Waals surface area contributed by atoms with E-state index in [4.69, 9.17) is 13.9 Å². The summed E-state index contributed by atoms with van der Waals surface area (Å²) in [6.07, 6.45) is 2.95. The van der Waals surface area contributed by atoms with Gasteiger partial charge in [0.25, 0.3) is 15.9 Å². The minimum atomic E-state index is -4.15. The van der Waals surface area contributed by atoms with Gasteiger partial charge in [-0.3, -0.25) is 9.52 Å². The van der Waals surface area contributed by atoms with Crippen LogP contribution in [-0.4, -0.2) is 38.5 Å². The molecule has 2 heterocycles. The van der Waals surface area contributed by atoms with Crippen LogP contribution in [0.5, 0.6) is 11.6 Å². The lowest BCUT2D eigenvalue weighted by molar-refractivity contribution is 0.0991. The maximum atomic E-state index is 13.3. The van der Waals surface area contributed by atoms with Crippen molar-refractivity contribution in [2.24, 2.45) is 0 Å². The molecule has 0 spiro atoms. The van der Waals surface area contributed by atoms with E-state index in [2.05, 4.69) is 20.0 Å². The van der Waals surface area contributed by atoms with Gasteiger partial charge in [-0.2, -0.15) is 0 Å². The van der Waals surface area contributed by atoms with Crippen LogP contribution in [-0.2, 0) is 10.0 Å². The average molecular weight is 495 g/mol. The third-order valence-corrected chi connectivity index (χ3v) is 6.39. The van der Waals surface area contributed by atoms with Crippen molar-refractivity contribution in [2.45, 2.75) is 11.8 Å². The molecule has 0 unspecified atom stereocenters. The SMILES string of the molecule is COc1ccc(NC(=O)c2ncc(-c3ccccc3)o2)cc1S(=O)(=O)Nc1c(C)ccnc1OC. The van der Waals surface area contributed by atoms with Crippen LogP contribution >= 0.6 is 0 Å². The first-order valence-electron chi connectivity index (χ1n) is 10.4. The van der Waals surface area contributed by atoms with E-state index >= 15 is 0 Å². The number of methoxy groups -OCH3 is 2. The summed E-state index contributed by atoms with van der Waals surface area (Å²) in [7, 11) is -1.41. The van der Waals surface area contributed by atoms with Crippen LogP contribution in [0, 0.1) is 6.92 Å². The number of carbonyl (C=O) groups excluding carboxylic acids is 1. The van der Waals surface area contributed by atoms with Gasteiger partial charge in [0.2, 0.25) is 5.88 Å². The Bertz CT molecular complexity index is 1470. The Labute approximate surface area is 202 Å². The number of nitrogens with zero attached hydrogens (tertiary/aromatic N) is 2. The molecule has 2 aromatic heterocycles. The Balaban J connectivity index is 1.61. The minimum absolute atomic E-state index is 0.0819. The number of nitrogens with one attached hydrogen (secondary N) is 2. The number of rotatable bonds is 8. The van der Waals surface area contributed by atoms with Crippen LogP contribution in [0.1, 0.15) is 16.2 Å². The molecular weight excluding hydrogens is 472 g/mol. The lowest BCUT2D eigenvalue weighted by Gasteiger charge is -2.16. The highest BCUT2D eigenvalue weighted by atomic mass is 32.2. The van der Waals surface area contributed by atoms with Crippen LogP contribution in [0.15, 0.2) is 76.3 Å². The van der Waals surface area contributed by atoms with E-state index in [0.29, 0.717) is 11.3 Å². The van der Waals surface area contributed by atoms with E-state index in [1.54, 1.807) is 13.0 Å². The number of hydrogen-bond donors (Lipinski definition) is 2. The number of sulfonamides is 1. The highest BCUT2D eigenvalue weighted by Crippen LogP contribution is 2.32. The number of hydrogen-bond acceptors (Lipinski definition) is 8. The van der Waals surface area contributed by atoms with Crippen molar-refractivity contribution in [1.82, 2.24) is 9.97 Å². The lowest BCUT2D eigenvalue weighted by atomic mass is 10.2. The van der Waals surface area contributed by atoms with Crippen molar-refractivity contribution in [1.29, 1.82) is 0 Å². The fourth-order valence-electron chi connectivity index (χ4n) is 3.27. The van der Waals surface area contributed by atoms with E-state index in [0.717, 1.165) is 5.56 Å². The van der Waals surface area contributed by atoms with Gasteiger partial charge < -0.3 is 19.2 Å². The molecule has 0 atom stereocenters. The molecule has 10 nitrogen and oxygen atoms in total. The second-order valence-electron chi connectivity index (χ2n) is 7.33. The normalized spacial score (nSPS) is 11.1. The summed E-state index contributed by atoms with van der Waals surface area (Å²) in [6, 6.07) is 15.1. The second-order valence-corrected chi connectivity index (χ2v) is 8.98. The first-order chi connectivity index (χ1) is 16.8. The molecule has 2 N–H and O–H groups in total. The molecule has 0 saturated heterocycles. The number of anilines is 2. The Hall–Kier alpha value is -4.38. The van der Waals surface area contributed by atoms with Gasteiger partial charge in [0.15, 0.2) is 5.76 Å². The number of oxazole rings is 1.